The van der Waals surface area contributed by atoms with Crippen LogP contribution >= 0.6 is 0 Å². The fraction of sp³-hybridized carbons (Fsp3) is 0.385. The van der Waals surface area contributed by atoms with E-state index in [0.717, 1.165) is 0 Å². The van der Waals surface area contributed by atoms with Gasteiger partial charge in [0.1, 0.15) is 5.60 Å². The van der Waals surface area contributed by atoms with Gasteiger partial charge >= 0.3 is 75.0 Å². The zero-order valence-corrected chi connectivity index (χ0v) is 17.9. The second-order valence-corrected chi connectivity index (χ2v) is 4.81. The second kappa shape index (κ2) is 8.33. The summed E-state index contributed by atoms with van der Waals surface area (Å²) in [5.74, 6) is -1.38. The van der Waals surface area contributed by atoms with Crippen molar-refractivity contribution in [2.75, 3.05) is 0 Å². The Bertz CT molecular complexity index is 428. The number of carbonyl (C=O) groups is 2. The normalized spacial score (nSPS) is 11.9. The van der Waals surface area contributed by atoms with Crippen molar-refractivity contribution in [3.63, 3.8) is 0 Å². The Labute approximate surface area is 171 Å². The fourth-order valence-corrected chi connectivity index (χ4v) is 1.35. The van der Waals surface area contributed by atoms with Crippen molar-refractivity contribution in [2.24, 2.45) is 0 Å². The zero-order valence-electron chi connectivity index (χ0n) is 11.6. The van der Waals surface area contributed by atoms with Gasteiger partial charge in [0.05, 0.1) is 12.0 Å². The summed E-state index contributed by atoms with van der Waals surface area (Å²) < 4.78 is 5.00. The van der Waals surface area contributed by atoms with Gasteiger partial charge in [0.25, 0.3) is 0 Å². The van der Waals surface area contributed by atoms with E-state index in [1.165, 1.54) is 0 Å². The van der Waals surface area contributed by atoms with Gasteiger partial charge in [-0.15, -0.1) is 0 Å². The van der Waals surface area contributed by atoms with Gasteiger partial charge < -0.3 is 20.0 Å². The van der Waals surface area contributed by atoms with Crippen molar-refractivity contribution in [3.05, 3.63) is 35.9 Å². The number of amides is 1. The maximum absolute atomic E-state index is 11.5. The Hall–Kier alpha value is 0.0119. The SMILES string of the molecule is CC(C)(C)OC(=O)N[C@H](C(=O)[O-])c1ccccc1.[Cs+]. The minimum absolute atomic E-state index is 0. The summed E-state index contributed by atoms with van der Waals surface area (Å²) in [6, 6.07) is 7.09. The molecule has 0 aliphatic heterocycles. The minimum Gasteiger partial charge on any atom is -0.548 e. The summed E-state index contributed by atoms with van der Waals surface area (Å²) >= 11 is 0. The molecule has 0 bridgehead atoms. The van der Waals surface area contributed by atoms with Gasteiger partial charge in [-0.25, -0.2) is 4.79 Å². The molecule has 0 spiro atoms. The van der Waals surface area contributed by atoms with Gasteiger partial charge in [-0.2, -0.15) is 0 Å². The van der Waals surface area contributed by atoms with E-state index in [0.29, 0.717) is 5.56 Å². The van der Waals surface area contributed by atoms with Gasteiger partial charge in [-0.3, -0.25) is 0 Å². The number of rotatable bonds is 3. The molecule has 0 aliphatic rings. The molecule has 0 aliphatic carbocycles. The van der Waals surface area contributed by atoms with E-state index < -0.39 is 23.7 Å². The molecule has 5 nitrogen and oxygen atoms in total. The Morgan fingerprint density at radius 1 is 1.21 bits per heavy atom. The molecule has 1 aromatic carbocycles. The molecule has 0 saturated carbocycles. The van der Waals surface area contributed by atoms with Crippen LogP contribution in [0, 0.1) is 0 Å². The number of alkyl carbamates (subject to hydrolysis) is 1. The van der Waals surface area contributed by atoms with Gasteiger partial charge in [0.2, 0.25) is 0 Å². The summed E-state index contributed by atoms with van der Waals surface area (Å²) in [5, 5.41) is 13.3. The zero-order chi connectivity index (χ0) is 13.8. The van der Waals surface area contributed by atoms with E-state index in [9.17, 15) is 14.7 Å². The maximum Gasteiger partial charge on any atom is 1.00 e. The molecule has 1 amide bonds. The van der Waals surface area contributed by atoms with Crippen LogP contribution in [0.5, 0.6) is 0 Å². The number of nitrogens with one attached hydrogen (secondary N) is 1. The number of hydrogen-bond donors (Lipinski definition) is 1. The van der Waals surface area contributed by atoms with Crippen molar-refractivity contribution in [1.82, 2.24) is 5.32 Å². The molecule has 1 aromatic rings. The average Bonchev–Trinajstić information content (AvgIpc) is 2.24. The minimum atomic E-state index is -1.38. The van der Waals surface area contributed by atoms with Crippen LogP contribution in [0.1, 0.15) is 32.4 Å². The van der Waals surface area contributed by atoms with Crippen LogP contribution in [0.4, 0.5) is 4.79 Å². The topological polar surface area (TPSA) is 78.5 Å². The van der Waals surface area contributed by atoms with E-state index in [2.05, 4.69) is 5.32 Å². The molecule has 0 heterocycles. The first-order chi connectivity index (χ1) is 8.29. The Balaban J connectivity index is 0.00000324. The number of carboxylic acids is 1. The van der Waals surface area contributed by atoms with Crippen LogP contribution in [-0.2, 0) is 9.53 Å². The van der Waals surface area contributed by atoms with Gasteiger partial charge in [0.15, 0.2) is 0 Å². The summed E-state index contributed by atoms with van der Waals surface area (Å²) in [5.41, 5.74) is -0.250. The van der Waals surface area contributed by atoms with Crippen molar-refractivity contribution >= 4 is 12.1 Å². The van der Waals surface area contributed by atoms with Crippen molar-refractivity contribution < 1.29 is 88.3 Å². The molecule has 0 fully saturated rings. The van der Waals surface area contributed by atoms with Gasteiger partial charge in [-0.05, 0) is 26.3 Å². The molecule has 0 saturated heterocycles. The Morgan fingerprint density at radius 3 is 2.16 bits per heavy atom. The number of ether oxygens (including phenoxy) is 1. The smallest absolute Gasteiger partial charge is 0.548 e. The first-order valence-electron chi connectivity index (χ1n) is 5.55. The standard InChI is InChI=1S/C13H17NO4.Cs/c1-13(2,3)18-12(17)14-10(11(15)16)9-7-5-4-6-8-9;/h4-8,10H,1-3H3,(H,14,17)(H,15,16);/q;+1/p-1/t10-;/m0./s1. The first kappa shape index (κ1) is 19.0. The van der Waals surface area contributed by atoms with E-state index >= 15 is 0 Å². The Morgan fingerprint density at radius 2 is 1.74 bits per heavy atom. The second-order valence-electron chi connectivity index (χ2n) is 4.81. The van der Waals surface area contributed by atoms with Gasteiger partial charge in [-0.1, -0.05) is 30.3 Å². The summed E-state index contributed by atoms with van der Waals surface area (Å²) in [6.45, 7) is 5.09. The Kier molecular flexibility index (Phi) is 8.34. The van der Waals surface area contributed by atoms with Crippen LogP contribution in [0.3, 0.4) is 0 Å². The number of benzene rings is 1. The maximum atomic E-state index is 11.5. The molecule has 0 unspecified atom stereocenters. The van der Waals surface area contributed by atoms with Gasteiger partial charge in [0, 0.05) is 0 Å². The number of hydrogen-bond acceptors (Lipinski definition) is 4. The largest absolute Gasteiger partial charge is 1.00 e. The first-order valence-corrected chi connectivity index (χ1v) is 5.55. The third kappa shape index (κ3) is 7.38. The molecule has 1 atom stereocenters. The third-order valence-electron chi connectivity index (χ3n) is 2.03. The molecule has 6 heteroatoms. The number of aliphatic carboxylic acids is 1. The third-order valence-corrected chi connectivity index (χ3v) is 2.03. The van der Waals surface area contributed by atoms with Crippen molar-refractivity contribution in [2.45, 2.75) is 32.4 Å². The summed E-state index contributed by atoms with van der Waals surface area (Å²) in [6.07, 6.45) is -0.791. The van der Waals surface area contributed by atoms with Crippen LogP contribution in [0.2, 0.25) is 0 Å². The summed E-state index contributed by atoms with van der Waals surface area (Å²) in [4.78, 5) is 22.5. The monoisotopic (exact) mass is 383 g/mol. The average molecular weight is 383 g/mol. The molecule has 0 radical (unpaired) electrons. The van der Waals surface area contributed by atoms with Crippen molar-refractivity contribution in [1.29, 1.82) is 0 Å². The summed E-state index contributed by atoms with van der Waals surface area (Å²) in [7, 11) is 0. The predicted molar refractivity (Wildman–Crippen MR) is 63.6 cm³/mol. The molecular weight excluding hydrogens is 367 g/mol. The number of carboxylic acid groups (broad SMARTS) is 1. The molecule has 19 heavy (non-hydrogen) atoms. The molecule has 1 N–H and O–H groups in total. The molecular formula is C13H16CsNO4. The molecule has 98 valence electrons. The molecule has 0 aromatic heterocycles. The molecule has 1 rings (SSSR count). The van der Waals surface area contributed by atoms with Crippen molar-refractivity contribution in [3.8, 4) is 0 Å². The fourth-order valence-electron chi connectivity index (χ4n) is 1.35. The number of carbonyl (C=O) groups excluding carboxylic acids is 2. The van der Waals surface area contributed by atoms with Crippen LogP contribution in [0.25, 0.3) is 0 Å². The quantitative estimate of drug-likeness (QED) is 0.656. The van der Waals surface area contributed by atoms with E-state index in [1.807, 2.05) is 0 Å². The van der Waals surface area contributed by atoms with Crippen LogP contribution < -0.4 is 79.3 Å². The predicted octanol–water partition coefficient (Wildman–Crippen LogP) is -1.99. The van der Waals surface area contributed by atoms with Crippen LogP contribution in [0.15, 0.2) is 30.3 Å². The van der Waals surface area contributed by atoms with Crippen LogP contribution in [-0.4, -0.2) is 17.7 Å². The van der Waals surface area contributed by atoms with E-state index in [4.69, 9.17) is 4.74 Å². The van der Waals surface area contributed by atoms with E-state index in [-0.39, 0.29) is 68.9 Å². The van der Waals surface area contributed by atoms with E-state index in [1.54, 1.807) is 51.1 Å².